The molecule has 1 nitrogen and oxygen atoms in total. The highest BCUT2D eigenvalue weighted by molar-refractivity contribution is 8.23. The summed E-state index contributed by atoms with van der Waals surface area (Å²) in [5, 5.41) is 2.07. The van der Waals surface area contributed by atoms with Gasteiger partial charge in [-0.2, -0.15) is 0 Å². The van der Waals surface area contributed by atoms with Crippen LogP contribution < -0.4 is 0 Å². The molecule has 0 aliphatic rings. The quantitative estimate of drug-likeness (QED) is 0.654. The number of rotatable bonds is 3. The number of thiocarbonyl (C=S) groups is 1. The van der Waals surface area contributed by atoms with Gasteiger partial charge in [0.25, 0.3) is 0 Å². The molecule has 0 saturated heterocycles. The number of hydrogen-bond acceptors (Lipinski definition) is 3. The molecule has 0 bridgehead atoms. The van der Waals surface area contributed by atoms with Gasteiger partial charge < -0.3 is 4.90 Å². The maximum Gasteiger partial charge on any atom is 0.136 e. The third-order valence-electron chi connectivity index (χ3n) is 0.900. The summed E-state index contributed by atoms with van der Waals surface area (Å²) in [7, 11) is 3.93. The molecule has 0 saturated carbocycles. The number of thioether (sulfide) groups is 2. The first-order chi connectivity index (χ1) is 5.18. The van der Waals surface area contributed by atoms with Gasteiger partial charge in [-0.3, -0.25) is 0 Å². The monoisotopic (exact) mass is 207 g/mol. The van der Waals surface area contributed by atoms with Gasteiger partial charge in [-0.25, -0.2) is 0 Å². The lowest BCUT2D eigenvalue weighted by Crippen LogP contribution is -2.16. The third-order valence-corrected chi connectivity index (χ3v) is 3.06. The second kappa shape index (κ2) is 7.00. The summed E-state index contributed by atoms with van der Waals surface area (Å²) < 4.78 is 0.941. The minimum Gasteiger partial charge on any atom is -0.364 e. The van der Waals surface area contributed by atoms with Crippen LogP contribution in [0.15, 0.2) is 11.5 Å². The van der Waals surface area contributed by atoms with E-state index < -0.39 is 0 Å². The van der Waals surface area contributed by atoms with E-state index in [1.54, 1.807) is 23.5 Å². The molecule has 0 rings (SSSR count). The Hall–Kier alpha value is 0.330. The average molecular weight is 207 g/mol. The Bertz CT molecular complexity index is 143. The van der Waals surface area contributed by atoms with Crippen molar-refractivity contribution in [1.82, 2.24) is 4.90 Å². The normalized spacial score (nSPS) is 10.5. The van der Waals surface area contributed by atoms with E-state index in [4.69, 9.17) is 12.2 Å². The predicted molar refractivity (Wildman–Crippen MR) is 61.4 cm³/mol. The van der Waals surface area contributed by atoms with E-state index in [9.17, 15) is 0 Å². The molecule has 0 aromatic rings. The van der Waals surface area contributed by atoms with Crippen molar-refractivity contribution in [2.24, 2.45) is 0 Å². The van der Waals surface area contributed by atoms with Gasteiger partial charge in [0, 0.05) is 19.8 Å². The van der Waals surface area contributed by atoms with Gasteiger partial charge in [0.1, 0.15) is 4.32 Å². The molecule has 0 amide bonds. The Balaban J connectivity index is 3.39. The SMILES string of the molecule is CS/C=C/CSC(=S)N(C)C. The Morgan fingerprint density at radius 2 is 2.18 bits per heavy atom. The first kappa shape index (κ1) is 11.3. The van der Waals surface area contributed by atoms with Crippen LogP contribution in [0.1, 0.15) is 0 Å². The molecule has 64 valence electrons. The molecule has 0 atom stereocenters. The fraction of sp³-hybridized carbons (Fsp3) is 0.571. The van der Waals surface area contributed by atoms with E-state index in [0.717, 1.165) is 10.1 Å². The molecular weight excluding hydrogens is 194 g/mol. The van der Waals surface area contributed by atoms with E-state index >= 15 is 0 Å². The summed E-state index contributed by atoms with van der Waals surface area (Å²) in [6.45, 7) is 0. The summed E-state index contributed by atoms with van der Waals surface area (Å²) in [6, 6.07) is 0. The smallest absolute Gasteiger partial charge is 0.136 e. The van der Waals surface area contributed by atoms with Crippen molar-refractivity contribution in [1.29, 1.82) is 0 Å². The Morgan fingerprint density at radius 1 is 1.55 bits per heavy atom. The van der Waals surface area contributed by atoms with Crippen LogP contribution in [0.2, 0.25) is 0 Å². The maximum absolute atomic E-state index is 5.08. The minimum absolute atomic E-state index is 0.941. The van der Waals surface area contributed by atoms with Gasteiger partial charge in [-0.05, 0) is 11.7 Å². The van der Waals surface area contributed by atoms with Gasteiger partial charge in [-0.15, -0.1) is 11.8 Å². The summed E-state index contributed by atoms with van der Waals surface area (Å²) in [5.74, 6) is 0.970. The highest BCUT2D eigenvalue weighted by atomic mass is 32.2. The van der Waals surface area contributed by atoms with Crippen LogP contribution in [0.3, 0.4) is 0 Å². The molecule has 0 unspecified atom stereocenters. The van der Waals surface area contributed by atoms with E-state index in [-0.39, 0.29) is 0 Å². The standard InChI is InChI=1S/C7H13NS3/c1-8(2)7(9)11-6-4-5-10-3/h4-5H,6H2,1-3H3/b5-4+. The summed E-state index contributed by atoms with van der Waals surface area (Å²) in [6.07, 6.45) is 4.16. The highest BCUT2D eigenvalue weighted by Gasteiger charge is 1.95. The second-order valence-corrected chi connectivity index (χ2v) is 4.48. The first-order valence-electron chi connectivity index (χ1n) is 3.20. The van der Waals surface area contributed by atoms with Crippen LogP contribution >= 0.6 is 35.7 Å². The number of nitrogens with zero attached hydrogens (tertiary/aromatic N) is 1. The predicted octanol–water partition coefficient (Wildman–Crippen LogP) is 2.44. The van der Waals surface area contributed by atoms with E-state index in [0.29, 0.717) is 0 Å². The van der Waals surface area contributed by atoms with E-state index in [2.05, 4.69) is 11.5 Å². The lowest BCUT2D eigenvalue weighted by molar-refractivity contribution is 0.648. The summed E-state index contributed by atoms with van der Waals surface area (Å²) in [4.78, 5) is 1.95. The molecule has 4 heteroatoms. The van der Waals surface area contributed by atoms with Crippen molar-refractivity contribution in [2.45, 2.75) is 0 Å². The Morgan fingerprint density at radius 3 is 2.64 bits per heavy atom. The highest BCUT2D eigenvalue weighted by Crippen LogP contribution is 2.07. The lowest BCUT2D eigenvalue weighted by Gasteiger charge is -2.10. The van der Waals surface area contributed by atoms with Crippen molar-refractivity contribution >= 4 is 40.1 Å². The van der Waals surface area contributed by atoms with Crippen molar-refractivity contribution in [3.63, 3.8) is 0 Å². The van der Waals surface area contributed by atoms with Crippen LogP contribution in [0.4, 0.5) is 0 Å². The maximum atomic E-state index is 5.08. The number of hydrogen-bond donors (Lipinski definition) is 0. The zero-order chi connectivity index (χ0) is 8.69. The van der Waals surface area contributed by atoms with Gasteiger partial charge >= 0.3 is 0 Å². The largest absolute Gasteiger partial charge is 0.364 e. The zero-order valence-corrected chi connectivity index (χ0v) is 9.48. The summed E-state index contributed by atoms with van der Waals surface area (Å²) >= 11 is 8.47. The molecule has 0 N–H and O–H groups in total. The van der Waals surface area contributed by atoms with Crippen LogP contribution in [-0.2, 0) is 0 Å². The van der Waals surface area contributed by atoms with Crippen molar-refractivity contribution in [2.75, 3.05) is 26.1 Å². The Kier molecular flexibility index (Phi) is 7.22. The van der Waals surface area contributed by atoms with Gasteiger partial charge in [0.05, 0.1) is 0 Å². The first-order valence-corrected chi connectivity index (χ1v) is 5.88. The second-order valence-electron chi connectivity index (χ2n) is 2.08. The molecule has 0 aromatic heterocycles. The molecule has 0 aromatic carbocycles. The Labute approximate surface area is 82.6 Å². The van der Waals surface area contributed by atoms with Crippen LogP contribution in [0.25, 0.3) is 0 Å². The van der Waals surface area contributed by atoms with Crippen molar-refractivity contribution < 1.29 is 0 Å². The molecule has 0 fully saturated rings. The van der Waals surface area contributed by atoms with Gasteiger partial charge in [-0.1, -0.05) is 30.1 Å². The lowest BCUT2D eigenvalue weighted by atomic mass is 10.8. The van der Waals surface area contributed by atoms with Crippen molar-refractivity contribution in [3.05, 3.63) is 11.5 Å². The summed E-state index contributed by atoms with van der Waals surface area (Å²) in [5.41, 5.74) is 0. The van der Waals surface area contributed by atoms with Crippen LogP contribution in [0, 0.1) is 0 Å². The molecule has 0 heterocycles. The molecule has 0 aliphatic heterocycles. The van der Waals surface area contributed by atoms with Gasteiger partial charge in [0.2, 0.25) is 0 Å². The zero-order valence-electron chi connectivity index (χ0n) is 7.03. The van der Waals surface area contributed by atoms with Gasteiger partial charge in [0.15, 0.2) is 0 Å². The molecule has 0 radical (unpaired) electrons. The molecular formula is C7H13NS3. The molecule has 0 spiro atoms. The topological polar surface area (TPSA) is 3.24 Å². The molecule has 0 aliphatic carbocycles. The minimum atomic E-state index is 0.941. The fourth-order valence-corrected chi connectivity index (χ4v) is 1.59. The third kappa shape index (κ3) is 6.72. The van der Waals surface area contributed by atoms with E-state index in [1.165, 1.54) is 0 Å². The van der Waals surface area contributed by atoms with Crippen molar-refractivity contribution in [3.8, 4) is 0 Å². The fourth-order valence-electron chi connectivity index (χ4n) is 0.384. The van der Waals surface area contributed by atoms with E-state index in [1.807, 2.05) is 25.3 Å². The average Bonchev–Trinajstić information content (AvgIpc) is 1.97. The molecule has 11 heavy (non-hydrogen) atoms. The van der Waals surface area contributed by atoms with Crippen LogP contribution in [0.5, 0.6) is 0 Å². The van der Waals surface area contributed by atoms with Crippen LogP contribution in [-0.4, -0.2) is 35.3 Å².